The summed E-state index contributed by atoms with van der Waals surface area (Å²) in [6.45, 7) is 1.46. The van der Waals surface area contributed by atoms with Crippen molar-refractivity contribution in [2.75, 3.05) is 6.61 Å². The Kier molecular flexibility index (Phi) is 5.55. The van der Waals surface area contributed by atoms with Crippen LogP contribution in [-0.2, 0) is 22.5 Å². The van der Waals surface area contributed by atoms with Crippen LogP contribution in [0.2, 0.25) is 0 Å². The van der Waals surface area contributed by atoms with Crippen molar-refractivity contribution in [2.45, 2.75) is 26.3 Å². The van der Waals surface area contributed by atoms with Crippen LogP contribution in [0.25, 0.3) is 0 Å². The zero-order valence-corrected chi connectivity index (χ0v) is 11.2. The van der Waals surface area contributed by atoms with E-state index in [4.69, 9.17) is 15.7 Å². The van der Waals surface area contributed by atoms with Crippen molar-refractivity contribution in [3.05, 3.63) is 28.8 Å². The molecular weight excluding hydrogens is 289 g/mol. The molecule has 2 N–H and O–H groups in total. The molecular formula is C13H13F3N2O3. The Hall–Kier alpha value is -2.27. The molecule has 0 aliphatic rings. The van der Waals surface area contributed by atoms with Crippen molar-refractivity contribution >= 4 is 5.97 Å². The van der Waals surface area contributed by atoms with Crippen LogP contribution < -0.4 is 10.5 Å². The molecule has 0 aliphatic carbocycles. The molecule has 1 aromatic carbocycles. The Morgan fingerprint density at radius 1 is 1.38 bits per heavy atom. The molecule has 0 saturated carbocycles. The average molecular weight is 302 g/mol. The fourth-order valence-electron chi connectivity index (χ4n) is 1.78. The molecule has 0 bridgehead atoms. The van der Waals surface area contributed by atoms with Crippen molar-refractivity contribution in [3.63, 3.8) is 0 Å². The summed E-state index contributed by atoms with van der Waals surface area (Å²) in [5, 5.41) is 8.95. The van der Waals surface area contributed by atoms with Crippen LogP contribution in [0.1, 0.15) is 23.6 Å². The molecule has 0 atom stereocenters. The number of halogens is 3. The Morgan fingerprint density at radius 2 is 2.05 bits per heavy atom. The topological polar surface area (TPSA) is 85.3 Å². The summed E-state index contributed by atoms with van der Waals surface area (Å²) in [5.41, 5.74) is 5.60. The van der Waals surface area contributed by atoms with Crippen LogP contribution in [0.3, 0.4) is 0 Å². The summed E-state index contributed by atoms with van der Waals surface area (Å²) in [6.07, 6.45) is -5.37. The summed E-state index contributed by atoms with van der Waals surface area (Å²) in [5.74, 6) is -1.29. The van der Waals surface area contributed by atoms with Gasteiger partial charge in [-0.05, 0) is 24.6 Å². The van der Waals surface area contributed by atoms with Crippen molar-refractivity contribution in [3.8, 4) is 11.8 Å². The highest BCUT2D eigenvalue weighted by Gasteiger charge is 2.33. The number of rotatable bonds is 5. The largest absolute Gasteiger partial charge is 0.573 e. The van der Waals surface area contributed by atoms with Gasteiger partial charge in [0.2, 0.25) is 0 Å². The molecule has 0 saturated heterocycles. The lowest BCUT2D eigenvalue weighted by Gasteiger charge is -2.16. The normalized spacial score (nSPS) is 10.9. The molecule has 1 rings (SSSR count). The number of nitrogens with zero attached hydrogens (tertiary/aromatic N) is 1. The molecule has 5 nitrogen and oxygen atoms in total. The summed E-state index contributed by atoms with van der Waals surface area (Å²) < 4.78 is 45.8. The predicted molar refractivity (Wildman–Crippen MR) is 66.1 cm³/mol. The zero-order chi connectivity index (χ0) is 16.0. The van der Waals surface area contributed by atoms with Crippen molar-refractivity contribution in [1.82, 2.24) is 0 Å². The van der Waals surface area contributed by atoms with Gasteiger partial charge in [0.15, 0.2) is 0 Å². The van der Waals surface area contributed by atoms with E-state index in [0.29, 0.717) is 0 Å². The number of alkyl halides is 3. The number of esters is 1. The van der Waals surface area contributed by atoms with E-state index in [9.17, 15) is 18.0 Å². The number of benzene rings is 1. The van der Waals surface area contributed by atoms with Crippen molar-refractivity contribution in [2.24, 2.45) is 5.73 Å². The van der Waals surface area contributed by atoms with Gasteiger partial charge in [-0.1, -0.05) is 0 Å². The van der Waals surface area contributed by atoms with Gasteiger partial charge >= 0.3 is 12.3 Å². The van der Waals surface area contributed by atoms with E-state index in [1.807, 2.05) is 6.07 Å². The smallest absolute Gasteiger partial charge is 0.466 e. The Balaban J connectivity index is 3.30. The van der Waals surface area contributed by atoms with Gasteiger partial charge in [-0.3, -0.25) is 4.79 Å². The molecule has 8 heteroatoms. The molecule has 0 fully saturated rings. The average Bonchev–Trinajstić information content (AvgIpc) is 2.39. The fourth-order valence-corrected chi connectivity index (χ4v) is 1.78. The molecule has 0 unspecified atom stereocenters. The van der Waals surface area contributed by atoms with E-state index in [0.717, 1.165) is 12.1 Å². The van der Waals surface area contributed by atoms with Gasteiger partial charge in [0.05, 0.1) is 24.7 Å². The zero-order valence-electron chi connectivity index (χ0n) is 11.2. The summed E-state index contributed by atoms with van der Waals surface area (Å²) >= 11 is 0. The maximum Gasteiger partial charge on any atom is 0.573 e. The maximum atomic E-state index is 12.4. The fraction of sp³-hybridized carbons (Fsp3) is 0.385. The second kappa shape index (κ2) is 6.95. The van der Waals surface area contributed by atoms with Crippen molar-refractivity contribution in [1.29, 1.82) is 5.26 Å². The van der Waals surface area contributed by atoms with Gasteiger partial charge in [0.25, 0.3) is 0 Å². The number of hydrogen-bond acceptors (Lipinski definition) is 5. The highest BCUT2D eigenvalue weighted by molar-refractivity contribution is 5.75. The van der Waals surface area contributed by atoms with Gasteiger partial charge in [-0.25, -0.2) is 0 Å². The first-order valence-electron chi connectivity index (χ1n) is 5.98. The number of carbonyl (C=O) groups is 1. The van der Waals surface area contributed by atoms with Crippen LogP contribution >= 0.6 is 0 Å². The summed E-state index contributed by atoms with van der Waals surface area (Å²) in [6, 6.07) is 3.96. The van der Waals surface area contributed by atoms with E-state index >= 15 is 0 Å². The Morgan fingerprint density at radius 3 is 2.52 bits per heavy atom. The molecule has 0 aromatic heterocycles. The molecule has 0 aliphatic heterocycles. The van der Waals surface area contributed by atoms with Crippen LogP contribution in [0.4, 0.5) is 13.2 Å². The van der Waals surface area contributed by atoms with Gasteiger partial charge in [-0.15, -0.1) is 13.2 Å². The number of carbonyl (C=O) groups excluding carboxylic acids is 1. The quantitative estimate of drug-likeness (QED) is 0.841. The number of nitriles is 1. The van der Waals surface area contributed by atoms with Gasteiger partial charge in [0.1, 0.15) is 5.75 Å². The Labute approximate surface area is 119 Å². The lowest BCUT2D eigenvalue weighted by molar-refractivity contribution is -0.275. The summed E-state index contributed by atoms with van der Waals surface area (Å²) in [7, 11) is 0. The van der Waals surface area contributed by atoms with Crippen LogP contribution in [0.5, 0.6) is 5.75 Å². The first-order valence-corrected chi connectivity index (χ1v) is 5.98. The molecule has 1 aromatic rings. The number of nitrogens with two attached hydrogens (primary N) is 1. The van der Waals surface area contributed by atoms with E-state index < -0.39 is 24.5 Å². The SMILES string of the molecule is CCOC(=O)Cc1c(OC(F)(F)F)ccc(C#N)c1CN. The van der Waals surface area contributed by atoms with Crippen LogP contribution in [-0.4, -0.2) is 18.9 Å². The standard InChI is InChI=1S/C13H13F3N2O3/c1-2-20-12(19)5-9-10(7-18)8(6-17)3-4-11(9)21-13(14,15)16/h3-4H,2,5,7,18H2,1H3. The third kappa shape index (κ3) is 4.65. The minimum Gasteiger partial charge on any atom is -0.466 e. The second-order valence-corrected chi connectivity index (χ2v) is 3.91. The predicted octanol–water partition coefficient (Wildman–Crippen LogP) is 2.02. The Bertz CT molecular complexity index is 565. The summed E-state index contributed by atoms with van der Waals surface area (Å²) in [4.78, 5) is 11.5. The van der Waals surface area contributed by atoms with Crippen LogP contribution in [0, 0.1) is 11.3 Å². The van der Waals surface area contributed by atoms with E-state index in [1.54, 1.807) is 6.92 Å². The molecule has 0 amide bonds. The molecule has 114 valence electrons. The van der Waals surface area contributed by atoms with E-state index in [-0.39, 0.29) is 29.8 Å². The van der Waals surface area contributed by atoms with E-state index in [2.05, 4.69) is 4.74 Å². The molecule has 0 spiro atoms. The first kappa shape index (κ1) is 16.8. The lowest BCUT2D eigenvalue weighted by atomic mass is 9.98. The lowest BCUT2D eigenvalue weighted by Crippen LogP contribution is -2.20. The number of hydrogen-bond donors (Lipinski definition) is 1. The third-order valence-corrected chi connectivity index (χ3v) is 2.56. The van der Waals surface area contributed by atoms with Gasteiger partial charge < -0.3 is 15.2 Å². The molecule has 0 heterocycles. The molecule has 0 radical (unpaired) electrons. The second-order valence-electron chi connectivity index (χ2n) is 3.91. The van der Waals surface area contributed by atoms with E-state index in [1.165, 1.54) is 0 Å². The van der Waals surface area contributed by atoms with Crippen molar-refractivity contribution < 1.29 is 27.4 Å². The minimum absolute atomic E-state index is 0.0875. The van der Waals surface area contributed by atoms with Crippen LogP contribution in [0.15, 0.2) is 12.1 Å². The highest BCUT2D eigenvalue weighted by atomic mass is 19.4. The van der Waals surface area contributed by atoms with Gasteiger partial charge in [-0.2, -0.15) is 5.26 Å². The number of ether oxygens (including phenoxy) is 2. The maximum absolute atomic E-state index is 12.4. The third-order valence-electron chi connectivity index (χ3n) is 2.56. The minimum atomic E-state index is -4.91. The first-order chi connectivity index (χ1) is 9.82. The highest BCUT2D eigenvalue weighted by Crippen LogP contribution is 2.31. The molecule has 21 heavy (non-hydrogen) atoms. The monoisotopic (exact) mass is 302 g/mol. The van der Waals surface area contributed by atoms with Gasteiger partial charge in [0, 0.05) is 12.1 Å².